The number of ether oxygens (including phenoxy) is 2. The molecule has 31 heavy (non-hydrogen) atoms. The van der Waals surface area contributed by atoms with Crippen LogP contribution in [0.5, 0.6) is 11.5 Å². The molecule has 0 spiro atoms. The number of hydrogen-bond acceptors (Lipinski definition) is 6. The molecule has 0 saturated heterocycles. The van der Waals surface area contributed by atoms with Gasteiger partial charge in [-0.1, -0.05) is 33.2 Å². The van der Waals surface area contributed by atoms with E-state index in [9.17, 15) is 10.0 Å². The van der Waals surface area contributed by atoms with E-state index in [0.717, 1.165) is 20.3 Å². The van der Waals surface area contributed by atoms with E-state index in [1.54, 1.807) is 7.11 Å². The zero-order valence-electron chi connectivity index (χ0n) is 17.1. The van der Waals surface area contributed by atoms with Gasteiger partial charge in [0.25, 0.3) is 5.91 Å². The van der Waals surface area contributed by atoms with Gasteiger partial charge in [-0.25, -0.2) is 0 Å². The highest BCUT2D eigenvalue weighted by molar-refractivity contribution is 9.11. The second kappa shape index (κ2) is 14.3. The average molecular weight is 580 g/mol. The number of benzene rings is 2. The summed E-state index contributed by atoms with van der Waals surface area (Å²) in [5.74, 6) is 0.941. The molecule has 0 radical (unpaired) electrons. The molecule has 0 heterocycles. The lowest BCUT2D eigenvalue weighted by atomic mass is 10.1. The van der Waals surface area contributed by atoms with Crippen LogP contribution in [0.1, 0.15) is 17.5 Å². The maximum absolute atomic E-state index is 12.5. The molecule has 0 aliphatic rings. The van der Waals surface area contributed by atoms with Crippen molar-refractivity contribution in [1.82, 2.24) is 5.32 Å². The summed E-state index contributed by atoms with van der Waals surface area (Å²) in [6.45, 7) is 1.37. The Kier molecular flexibility index (Phi) is 12.5. The van der Waals surface area contributed by atoms with Gasteiger partial charge in [0.2, 0.25) is 0 Å². The molecule has 0 aliphatic carbocycles. The number of methoxy groups -OCH3 is 1. The van der Waals surface area contributed by atoms with Crippen LogP contribution in [0.3, 0.4) is 0 Å². The molecule has 0 bridgehead atoms. The predicted octanol–water partition coefficient (Wildman–Crippen LogP) is 4.10. The molecular formula is C21H26Br2ClN3O4. The maximum atomic E-state index is 12.5. The number of nitrogens with zero attached hydrogens (tertiary/aromatic N) is 1. The Bertz CT molecular complexity index is 880. The number of carbonyl (C=O) groups is 1. The van der Waals surface area contributed by atoms with Crippen molar-refractivity contribution in [3.05, 3.63) is 56.5 Å². The number of hydrogen-bond donors (Lipinski definition) is 3. The van der Waals surface area contributed by atoms with Crippen LogP contribution in [0.25, 0.3) is 0 Å². The summed E-state index contributed by atoms with van der Waals surface area (Å²) in [6.07, 6.45) is 1.46. The highest BCUT2D eigenvalue weighted by Crippen LogP contribution is 2.33. The molecule has 10 heteroatoms. The van der Waals surface area contributed by atoms with E-state index in [1.165, 1.54) is 0 Å². The minimum Gasteiger partial charge on any atom is -0.497 e. The van der Waals surface area contributed by atoms with Gasteiger partial charge < -0.3 is 25.7 Å². The van der Waals surface area contributed by atoms with E-state index in [-0.39, 0.29) is 24.5 Å². The molecule has 1 amide bonds. The van der Waals surface area contributed by atoms with Gasteiger partial charge >= 0.3 is 0 Å². The molecule has 2 aromatic carbocycles. The maximum Gasteiger partial charge on any atom is 0.269 e. The van der Waals surface area contributed by atoms with E-state index >= 15 is 0 Å². The fraction of sp³-hybridized carbons (Fsp3) is 0.333. The van der Waals surface area contributed by atoms with Crippen molar-refractivity contribution >= 4 is 55.9 Å². The average Bonchev–Trinajstić information content (AvgIpc) is 2.74. The minimum absolute atomic E-state index is 0. The van der Waals surface area contributed by atoms with Gasteiger partial charge in [-0.3, -0.25) is 4.79 Å². The highest BCUT2D eigenvalue weighted by atomic mass is 79.9. The first-order chi connectivity index (χ1) is 14.5. The smallest absolute Gasteiger partial charge is 0.269 e. The van der Waals surface area contributed by atoms with Crippen molar-refractivity contribution in [2.75, 3.05) is 26.8 Å². The van der Waals surface area contributed by atoms with Crippen LogP contribution in [0.15, 0.2) is 50.5 Å². The molecule has 0 aromatic heterocycles. The van der Waals surface area contributed by atoms with Crippen LogP contribution in [-0.2, 0) is 17.6 Å². The molecule has 0 aliphatic heterocycles. The first-order valence-electron chi connectivity index (χ1n) is 9.41. The zero-order valence-corrected chi connectivity index (χ0v) is 21.1. The van der Waals surface area contributed by atoms with E-state index in [4.69, 9.17) is 15.2 Å². The van der Waals surface area contributed by atoms with Crippen LogP contribution >= 0.6 is 44.3 Å². The Morgan fingerprint density at radius 3 is 2.55 bits per heavy atom. The summed E-state index contributed by atoms with van der Waals surface area (Å²) < 4.78 is 12.5. The summed E-state index contributed by atoms with van der Waals surface area (Å²) >= 11 is 6.92. The van der Waals surface area contributed by atoms with Crippen LogP contribution < -0.4 is 20.5 Å². The van der Waals surface area contributed by atoms with Crippen LogP contribution in [-0.4, -0.2) is 43.6 Å². The van der Waals surface area contributed by atoms with Crippen molar-refractivity contribution in [3.8, 4) is 11.5 Å². The van der Waals surface area contributed by atoms with Gasteiger partial charge in [-0.2, -0.15) is 0 Å². The lowest BCUT2D eigenvalue weighted by Crippen LogP contribution is -2.33. The SMILES string of the molecule is COc1ccc(CCNC(=O)/C(Cc2cc(Br)cc(Br)c2OCCCN)=N\O)cc1.Cl. The second-order valence-corrected chi connectivity index (χ2v) is 8.21. The molecule has 170 valence electrons. The van der Waals surface area contributed by atoms with Gasteiger partial charge in [-0.05, 0) is 65.1 Å². The topological polar surface area (TPSA) is 106 Å². The highest BCUT2D eigenvalue weighted by Gasteiger charge is 2.18. The first-order valence-corrected chi connectivity index (χ1v) is 11.0. The molecule has 2 aromatic rings. The van der Waals surface area contributed by atoms with E-state index in [2.05, 4.69) is 42.3 Å². The number of nitrogens with one attached hydrogen (secondary N) is 1. The van der Waals surface area contributed by atoms with E-state index < -0.39 is 5.91 Å². The monoisotopic (exact) mass is 577 g/mol. The third kappa shape index (κ3) is 8.68. The van der Waals surface area contributed by atoms with Crippen molar-refractivity contribution < 1.29 is 19.5 Å². The lowest BCUT2D eigenvalue weighted by molar-refractivity contribution is -0.115. The largest absolute Gasteiger partial charge is 0.497 e. The number of nitrogens with two attached hydrogens (primary N) is 1. The van der Waals surface area contributed by atoms with Gasteiger partial charge in [0.05, 0.1) is 18.2 Å². The molecule has 0 unspecified atom stereocenters. The standard InChI is InChI=1S/C21H25Br2N3O4.ClH/c1-29-17-5-3-14(4-6-17)7-9-25-21(27)19(26-28)12-15-11-16(22)13-18(23)20(15)30-10-2-8-24;/h3-6,11,13,28H,2,7-10,12,24H2,1H3,(H,25,27);1H/b26-19-;. The molecule has 0 fully saturated rings. The summed E-state index contributed by atoms with van der Waals surface area (Å²) in [5.41, 5.74) is 7.30. The zero-order chi connectivity index (χ0) is 21.9. The quantitative estimate of drug-likeness (QED) is 0.161. The van der Waals surface area contributed by atoms with Crippen molar-refractivity contribution in [3.63, 3.8) is 0 Å². The molecular weight excluding hydrogens is 554 g/mol. The third-order valence-corrected chi connectivity index (χ3v) is 5.33. The minimum atomic E-state index is -0.435. The van der Waals surface area contributed by atoms with Crippen molar-refractivity contribution in [2.45, 2.75) is 19.3 Å². The molecule has 2 rings (SSSR count). The number of rotatable bonds is 11. The van der Waals surface area contributed by atoms with Crippen molar-refractivity contribution in [1.29, 1.82) is 0 Å². The third-order valence-electron chi connectivity index (χ3n) is 4.28. The first kappa shape index (κ1) is 27.2. The van der Waals surface area contributed by atoms with Gasteiger partial charge in [0.1, 0.15) is 17.2 Å². The van der Waals surface area contributed by atoms with E-state index in [1.807, 2.05) is 36.4 Å². The number of carbonyl (C=O) groups excluding carboxylic acids is 1. The Hall–Kier alpha value is -1.81. The van der Waals surface area contributed by atoms with Crippen LogP contribution in [0.4, 0.5) is 0 Å². The van der Waals surface area contributed by atoms with Crippen LogP contribution in [0.2, 0.25) is 0 Å². The van der Waals surface area contributed by atoms with Gasteiger partial charge in [0, 0.05) is 23.0 Å². The lowest BCUT2D eigenvalue weighted by Gasteiger charge is -2.14. The Morgan fingerprint density at radius 1 is 1.23 bits per heavy atom. The predicted molar refractivity (Wildman–Crippen MR) is 131 cm³/mol. The summed E-state index contributed by atoms with van der Waals surface area (Å²) in [6, 6.07) is 11.3. The Morgan fingerprint density at radius 2 is 1.94 bits per heavy atom. The summed E-state index contributed by atoms with van der Waals surface area (Å²) in [7, 11) is 1.61. The van der Waals surface area contributed by atoms with Gasteiger partial charge in [-0.15, -0.1) is 12.4 Å². The molecule has 7 nitrogen and oxygen atoms in total. The normalized spacial score (nSPS) is 10.9. The molecule has 0 atom stereocenters. The Labute approximate surface area is 205 Å². The summed E-state index contributed by atoms with van der Waals surface area (Å²) in [5, 5.41) is 15.4. The number of oxime groups is 1. The summed E-state index contributed by atoms with van der Waals surface area (Å²) in [4.78, 5) is 12.5. The molecule has 4 N–H and O–H groups in total. The number of amides is 1. The fourth-order valence-electron chi connectivity index (χ4n) is 2.72. The molecule has 0 saturated carbocycles. The van der Waals surface area contributed by atoms with Crippen molar-refractivity contribution in [2.24, 2.45) is 10.9 Å². The number of halogens is 3. The van der Waals surface area contributed by atoms with Crippen LogP contribution in [0, 0.1) is 0 Å². The van der Waals surface area contributed by atoms with E-state index in [0.29, 0.717) is 43.9 Å². The van der Waals surface area contributed by atoms with Gasteiger partial charge in [0.15, 0.2) is 0 Å². The fourth-order valence-corrected chi connectivity index (χ4v) is 4.15. The Balaban J connectivity index is 0.00000480. The second-order valence-electron chi connectivity index (χ2n) is 6.44.